The van der Waals surface area contributed by atoms with Crippen LogP contribution in [0, 0.1) is 11.8 Å². The number of methoxy groups -OCH3 is 1. The van der Waals surface area contributed by atoms with Crippen molar-refractivity contribution in [2.45, 2.75) is 77.9 Å². The first-order chi connectivity index (χ1) is 25.1. The van der Waals surface area contributed by atoms with Crippen LogP contribution in [0.4, 0.5) is 4.79 Å². The van der Waals surface area contributed by atoms with Crippen LogP contribution in [-0.2, 0) is 14.3 Å². The van der Waals surface area contributed by atoms with E-state index in [0.29, 0.717) is 18.9 Å². The molecule has 272 valence electrons. The second-order valence-corrected chi connectivity index (χ2v) is 14.7. The van der Waals surface area contributed by atoms with Gasteiger partial charge in [-0.2, -0.15) is 0 Å². The van der Waals surface area contributed by atoms with E-state index in [4.69, 9.17) is 14.1 Å². The first kappa shape index (κ1) is 35.0. The number of nitrogens with zero attached hydrogens (tertiary/aromatic N) is 4. The number of benzene rings is 2. The van der Waals surface area contributed by atoms with Crippen molar-refractivity contribution in [2.24, 2.45) is 11.8 Å². The fourth-order valence-corrected chi connectivity index (χ4v) is 7.48. The monoisotopic (exact) mass is 705 g/mol. The number of hydrogen-bond acceptors (Lipinski definition) is 7. The van der Waals surface area contributed by atoms with Gasteiger partial charge < -0.3 is 34.2 Å². The highest BCUT2D eigenvalue weighted by atomic mass is 16.5. The smallest absolute Gasteiger partial charge is 0.407 e. The SMILES string of the molecule is COC(=O)N[C@H](C(=O)N1CCC[C@H]1c1ncc(-c2ccc3oc(-c4ccc(-c5cnc([C@@H]6CCCN6C(=O)CC(C)C)[nH]5)cc4)cc3c2)[nH]1)C(C)C. The maximum atomic E-state index is 13.6. The zero-order chi connectivity index (χ0) is 36.5. The third-order valence-electron chi connectivity index (χ3n) is 10.2. The minimum Gasteiger partial charge on any atom is -0.456 e. The summed E-state index contributed by atoms with van der Waals surface area (Å²) >= 11 is 0. The standard InChI is InChI=1S/C40H47N7O5/c1-23(2)18-35(48)46-16-6-8-31(46)37-41-21-29(43-37)25-10-12-26(13-11-25)34-20-28-19-27(14-15-33(28)52-34)30-22-42-38(44-30)32-9-7-17-47(32)39(49)36(24(3)4)45-40(50)51-5/h10-15,19-24,31-32,36H,6-9,16-18H2,1-5H3,(H,41,43)(H,42,44)(H,45,50)/t31-,32-,36-/m0/s1. The number of furan rings is 1. The lowest BCUT2D eigenvalue weighted by atomic mass is 10.0. The lowest BCUT2D eigenvalue weighted by Gasteiger charge is -2.30. The van der Waals surface area contributed by atoms with Crippen molar-refractivity contribution in [1.29, 1.82) is 0 Å². The van der Waals surface area contributed by atoms with E-state index in [1.165, 1.54) is 7.11 Å². The number of aromatic nitrogens is 4. The van der Waals surface area contributed by atoms with Crippen molar-refractivity contribution in [1.82, 2.24) is 35.1 Å². The summed E-state index contributed by atoms with van der Waals surface area (Å²) in [5.41, 5.74) is 5.47. The first-order valence-corrected chi connectivity index (χ1v) is 18.3. The predicted molar refractivity (Wildman–Crippen MR) is 198 cm³/mol. The minimum atomic E-state index is -0.685. The van der Waals surface area contributed by atoms with Crippen LogP contribution >= 0.6 is 0 Å². The van der Waals surface area contributed by atoms with E-state index in [9.17, 15) is 14.4 Å². The number of likely N-dealkylation sites (tertiary alicyclic amines) is 2. The van der Waals surface area contributed by atoms with E-state index >= 15 is 0 Å². The van der Waals surface area contributed by atoms with E-state index in [1.54, 1.807) is 6.20 Å². The Labute approximate surface area is 303 Å². The molecular weight excluding hydrogens is 658 g/mol. The topological polar surface area (TPSA) is 149 Å². The predicted octanol–water partition coefficient (Wildman–Crippen LogP) is 7.63. The molecule has 0 aliphatic carbocycles. The van der Waals surface area contributed by atoms with Gasteiger partial charge in [-0.1, -0.05) is 52.0 Å². The van der Waals surface area contributed by atoms with E-state index in [0.717, 1.165) is 88.7 Å². The Kier molecular flexibility index (Phi) is 9.90. The van der Waals surface area contributed by atoms with Gasteiger partial charge in [0.05, 0.1) is 43.0 Å². The van der Waals surface area contributed by atoms with Crippen LogP contribution in [0.1, 0.15) is 83.5 Å². The number of aromatic amines is 2. The summed E-state index contributed by atoms with van der Waals surface area (Å²) in [4.78, 5) is 58.4. The molecule has 52 heavy (non-hydrogen) atoms. The first-order valence-electron chi connectivity index (χ1n) is 18.3. The zero-order valence-electron chi connectivity index (χ0n) is 30.4. The average Bonchev–Trinajstić information content (AvgIpc) is 3.98. The summed E-state index contributed by atoms with van der Waals surface area (Å²) in [5.74, 6) is 2.61. The number of nitrogens with one attached hydrogen (secondary N) is 3. The number of carbonyl (C=O) groups excluding carboxylic acids is 3. The van der Waals surface area contributed by atoms with Crippen molar-refractivity contribution < 1.29 is 23.5 Å². The average molecular weight is 706 g/mol. The Hall–Kier alpha value is -5.39. The second-order valence-electron chi connectivity index (χ2n) is 14.7. The highest BCUT2D eigenvalue weighted by molar-refractivity contribution is 5.88. The maximum Gasteiger partial charge on any atom is 0.407 e. The molecule has 2 aromatic carbocycles. The Morgan fingerprint density at radius 2 is 1.44 bits per heavy atom. The third kappa shape index (κ3) is 7.06. The van der Waals surface area contributed by atoms with Crippen molar-refractivity contribution in [3.8, 4) is 33.8 Å². The lowest BCUT2D eigenvalue weighted by Crippen LogP contribution is -2.51. The molecule has 5 heterocycles. The van der Waals surface area contributed by atoms with E-state index in [2.05, 4.69) is 52.3 Å². The molecule has 3 N–H and O–H groups in total. The fourth-order valence-electron chi connectivity index (χ4n) is 7.48. The van der Waals surface area contributed by atoms with Gasteiger partial charge in [-0.05, 0) is 67.3 Å². The van der Waals surface area contributed by atoms with Gasteiger partial charge in [0.1, 0.15) is 29.0 Å². The van der Waals surface area contributed by atoms with E-state index < -0.39 is 12.1 Å². The quantitative estimate of drug-likeness (QED) is 0.135. The van der Waals surface area contributed by atoms with Gasteiger partial charge in [-0.15, -0.1) is 0 Å². The van der Waals surface area contributed by atoms with Crippen LogP contribution in [-0.4, -0.2) is 73.9 Å². The van der Waals surface area contributed by atoms with Crippen LogP contribution in [0.2, 0.25) is 0 Å². The van der Waals surface area contributed by atoms with Gasteiger partial charge in [-0.25, -0.2) is 14.8 Å². The molecule has 0 radical (unpaired) electrons. The number of amides is 3. The molecular formula is C40H47N7O5. The normalized spacial score (nSPS) is 18.1. The molecule has 3 amide bonds. The summed E-state index contributed by atoms with van der Waals surface area (Å²) < 4.78 is 11.0. The molecule has 3 atom stereocenters. The van der Waals surface area contributed by atoms with E-state index in [1.807, 2.05) is 60.2 Å². The molecule has 3 aromatic heterocycles. The van der Waals surface area contributed by atoms with E-state index in [-0.39, 0.29) is 29.8 Å². The Bertz CT molecular complexity index is 2060. The Morgan fingerprint density at radius 3 is 2.08 bits per heavy atom. The van der Waals surface area contributed by atoms with Gasteiger partial charge in [0.2, 0.25) is 11.8 Å². The number of ether oxygens (including phenoxy) is 1. The van der Waals surface area contributed by atoms with Gasteiger partial charge in [0.25, 0.3) is 0 Å². The number of carbonyl (C=O) groups is 3. The van der Waals surface area contributed by atoms with Gasteiger partial charge in [-0.3, -0.25) is 9.59 Å². The van der Waals surface area contributed by atoms with Crippen LogP contribution in [0.3, 0.4) is 0 Å². The summed E-state index contributed by atoms with van der Waals surface area (Å²) in [6.07, 6.45) is 7.13. The number of fused-ring (bicyclic) bond motifs is 1. The lowest BCUT2D eigenvalue weighted by molar-refractivity contribution is -0.135. The number of alkyl carbamates (subject to hydrolysis) is 1. The highest BCUT2D eigenvalue weighted by Gasteiger charge is 2.37. The summed E-state index contributed by atoms with van der Waals surface area (Å²) in [5, 5.41) is 3.66. The largest absolute Gasteiger partial charge is 0.456 e. The summed E-state index contributed by atoms with van der Waals surface area (Å²) in [6, 6.07) is 15.4. The number of imidazole rings is 2. The van der Waals surface area contributed by atoms with Crippen LogP contribution < -0.4 is 5.32 Å². The van der Waals surface area contributed by atoms with Crippen molar-refractivity contribution in [3.05, 3.63) is 72.6 Å². The molecule has 0 bridgehead atoms. The summed E-state index contributed by atoms with van der Waals surface area (Å²) in [7, 11) is 1.29. The molecule has 0 saturated carbocycles. The molecule has 12 heteroatoms. The molecule has 0 spiro atoms. The molecule has 2 aliphatic rings. The number of rotatable bonds is 10. The van der Waals surface area contributed by atoms with Crippen molar-refractivity contribution >= 4 is 28.9 Å². The number of hydrogen-bond donors (Lipinski definition) is 3. The van der Waals surface area contributed by atoms with Crippen LogP contribution in [0.25, 0.3) is 44.8 Å². The van der Waals surface area contributed by atoms with Crippen molar-refractivity contribution in [3.63, 3.8) is 0 Å². The molecule has 0 unspecified atom stereocenters. The summed E-state index contributed by atoms with van der Waals surface area (Å²) in [6.45, 7) is 9.34. The van der Waals surface area contributed by atoms with Gasteiger partial charge in [0.15, 0.2) is 0 Å². The fraction of sp³-hybridized carbons (Fsp3) is 0.425. The minimum absolute atomic E-state index is 0.00557. The third-order valence-corrected chi connectivity index (χ3v) is 10.2. The molecule has 12 nitrogen and oxygen atoms in total. The number of H-pyrrole nitrogens is 2. The maximum absolute atomic E-state index is 13.6. The highest BCUT2D eigenvalue weighted by Crippen LogP contribution is 2.36. The molecule has 2 aliphatic heterocycles. The molecule has 2 fully saturated rings. The molecule has 5 aromatic rings. The van der Waals surface area contributed by atoms with Gasteiger partial charge >= 0.3 is 6.09 Å². The van der Waals surface area contributed by atoms with Gasteiger partial charge in [0, 0.05) is 36.0 Å². The Morgan fingerprint density at radius 1 is 0.846 bits per heavy atom. The molecule has 7 rings (SSSR count). The van der Waals surface area contributed by atoms with Crippen LogP contribution in [0.5, 0.6) is 0 Å². The van der Waals surface area contributed by atoms with Crippen LogP contribution in [0.15, 0.2) is 65.3 Å². The second kappa shape index (κ2) is 14.7. The van der Waals surface area contributed by atoms with Crippen molar-refractivity contribution in [2.75, 3.05) is 20.2 Å². The molecule has 2 saturated heterocycles. The zero-order valence-corrected chi connectivity index (χ0v) is 30.4. The Balaban J connectivity index is 1.04.